The zero-order valence-electron chi connectivity index (χ0n) is 15.1. The molecule has 26 heavy (non-hydrogen) atoms. The molecule has 3 aromatic rings. The summed E-state index contributed by atoms with van der Waals surface area (Å²) in [7, 11) is 0. The van der Waals surface area contributed by atoms with Crippen molar-refractivity contribution in [3.8, 4) is 5.69 Å². The Morgan fingerprint density at radius 2 is 2.00 bits per heavy atom. The summed E-state index contributed by atoms with van der Waals surface area (Å²) >= 11 is 1.47. The van der Waals surface area contributed by atoms with Crippen LogP contribution in [0.3, 0.4) is 0 Å². The van der Waals surface area contributed by atoms with E-state index in [1.165, 1.54) is 22.9 Å². The molecule has 1 N–H and O–H groups in total. The Kier molecular flexibility index (Phi) is 6.12. The van der Waals surface area contributed by atoms with Crippen LogP contribution in [0.1, 0.15) is 18.1 Å². The fourth-order valence-electron chi connectivity index (χ4n) is 2.68. The number of carbonyl (C=O) groups is 1. The van der Waals surface area contributed by atoms with E-state index in [0.717, 1.165) is 17.3 Å². The van der Waals surface area contributed by atoms with Crippen LogP contribution >= 0.6 is 11.8 Å². The first-order valence-corrected chi connectivity index (χ1v) is 9.60. The smallest absolute Gasteiger partial charge is 0.233 e. The first-order chi connectivity index (χ1) is 12.6. The highest BCUT2D eigenvalue weighted by atomic mass is 32.2. The molecule has 4 nitrogen and oxygen atoms in total. The molecule has 134 valence electrons. The molecule has 1 heterocycles. The van der Waals surface area contributed by atoms with Crippen molar-refractivity contribution in [3.05, 3.63) is 78.1 Å². The third-order valence-electron chi connectivity index (χ3n) is 4.09. The lowest BCUT2D eigenvalue weighted by Gasteiger charge is -2.13. The van der Waals surface area contributed by atoms with Crippen LogP contribution in [0.25, 0.3) is 5.69 Å². The van der Waals surface area contributed by atoms with Gasteiger partial charge in [0.05, 0.1) is 5.25 Å². The summed E-state index contributed by atoms with van der Waals surface area (Å²) in [4.78, 5) is 16.8. The predicted octanol–water partition coefficient (Wildman–Crippen LogP) is 4.02. The van der Waals surface area contributed by atoms with Gasteiger partial charge in [0.15, 0.2) is 5.16 Å². The second-order valence-electron chi connectivity index (χ2n) is 6.21. The number of benzene rings is 2. The van der Waals surface area contributed by atoms with E-state index in [9.17, 15) is 4.79 Å². The van der Waals surface area contributed by atoms with Crippen molar-refractivity contribution in [1.29, 1.82) is 0 Å². The molecule has 0 aliphatic rings. The third-order valence-corrected chi connectivity index (χ3v) is 5.17. The van der Waals surface area contributed by atoms with Crippen molar-refractivity contribution >= 4 is 17.7 Å². The van der Waals surface area contributed by atoms with Gasteiger partial charge < -0.3 is 5.32 Å². The van der Waals surface area contributed by atoms with Crippen LogP contribution in [0.2, 0.25) is 0 Å². The molecule has 0 saturated heterocycles. The number of nitrogens with zero attached hydrogens (tertiary/aromatic N) is 2. The molecule has 1 atom stereocenters. The molecule has 3 rings (SSSR count). The molecule has 1 amide bonds. The summed E-state index contributed by atoms with van der Waals surface area (Å²) in [6.45, 7) is 4.62. The molecular weight excluding hydrogens is 342 g/mol. The zero-order chi connectivity index (χ0) is 18.4. The van der Waals surface area contributed by atoms with Gasteiger partial charge in [-0.1, -0.05) is 54.2 Å². The van der Waals surface area contributed by atoms with Crippen LogP contribution in [-0.4, -0.2) is 27.3 Å². The lowest BCUT2D eigenvalue weighted by atomic mass is 10.1. The fraction of sp³-hybridized carbons (Fsp3) is 0.238. The van der Waals surface area contributed by atoms with Gasteiger partial charge in [0.25, 0.3) is 0 Å². The molecule has 1 aromatic heterocycles. The second-order valence-corrected chi connectivity index (χ2v) is 7.51. The molecule has 5 heteroatoms. The van der Waals surface area contributed by atoms with Gasteiger partial charge in [-0.05, 0) is 43.5 Å². The first-order valence-electron chi connectivity index (χ1n) is 8.72. The van der Waals surface area contributed by atoms with Crippen LogP contribution in [0.4, 0.5) is 0 Å². The quantitative estimate of drug-likeness (QED) is 0.643. The van der Waals surface area contributed by atoms with Gasteiger partial charge in [-0.3, -0.25) is 9.36 Å². The lowest BCUT2D eigenvalue weighted by molar-refractivity contribution is -0.120. The van der Waals surface area contributed by atoms with Gasteiger partial charge in [-0.2, -0.15) is 0 Å². The van der Waals surface area contributed by atoms with Crippen LogP contribution in [-0.2, 0) is 11.2 Å². The standard InChI is InChI=1S/C21H23N3OS/c1-16-7-6-10-19(15-16)24-14-13-23-21(24)26-17(2)20(25)22-12-11-18-8-4-3-5-9-18/h3-10,13-15,17H,11-12H2,1-2H3,(H,22,25). The minimum Gasteiger partial charge on any atom is -0.355 e. The third kappa shape index (κ3) is 4.76. The van der Waals surface area contributed by atoms with Crippen LogP contribution < -0.4 is 5.32 Å². The number of rotatable bonds is 7. The number of aryl methyl sites for hydroxylation is 1. The monoisotopic (exact) mass is 365 g/mol. The Labute approximate surface area is 158 Å². The van der Waals surface area contributed by atoms with E-state index in [2.05, 4.69) is 41.5 Å². The van der Waals surface area contributed by atoms with Crippen molar-refractivity contribution in [2.24, 2.45) is 0 Å². The van der Waals surface area contributed by atoms with E-state index in [0.29, 0.717) is 6.54 Å². The minimum absolute atomic E-state index is 0.0322. The molecule has 0 spiro atoms. The number of imidazole rings is 1. The maximum absolute atomic E-state index is 12.4. The fourth-order valence-corrected chi connectivity index (χ4v) is 3.59. The number of carbonyl (C=O) groups excluding carboxylic acids is 1. The Balaban J connectivity index is 1.57. The molecular formula is C21H23N3OS. The SMILES string of the molecule is Cc1cccc(-n2ccnc2SC(C)C(=O)NCCc2ccccc2)c1. The topological polar surface area (TPSA) is 46.9 Å². The number of thioether (sulfide) groups is 1. The zero-order valence-corrected chi connectivity index (χ0v) is 15.9. The van der Waals surface area contributed by atoms with Crippen LogP contribution in [0, 0.1) is 6.92 Å². The maximum Gasteiger partial charge on any atom is 0.233 e. The number of hydrogen-bond acceptors (Lipinski definition) is 3. The van der Waals surface area contributed by atoms with E-state index in [1.807, 2.05) is 48.0 Å². The summed E-state index contributed by atoms with van der Waals surface area (Å²) in [6.07, 6.45) is 4.53. The van der Waals surface area contributed by atoms with Gasteiger partial charge in [-0.15, -0.1) is 0 Å². The van der Waals surface area contributed by atoms with Gasteiger partial charge >= 0.3 is 0 Å². The lowest BCUT2D eigenvalue weighted by Crippen LogP contribution is -2.32. The number of nitrogens with one attached hydrogen (secondary N) is 1. The normalized spacial score (nSPS) is 11.9. The number of aromatic nitrogens is 2. The Hall–Kier alpha value is -2.53. The van der Waals surface area contributed by atoms with E-state index in [1.54, 1.807) is 6.20 Å². The molecule has 0 fully saturated rings. The van der Waals surface area contributed by atoms with E-state index in [4.69, 9.17) is 0 Å². The van der Waals surface area contributed by atoms with Gasteiger partial charge in [0.1, 0.15) is 0 Å². The molecule has 0 radical (unpaired) electrons. The van der Waals surface area contributed by atoms with Gasteiger partial charge in [-0.25, -0.2) is 4.98 Å². The van der Waals surface area contributed by atoms with Crippen molar-refractivity contribution in [2.45, 2.75) is 30.7 Å². The Morgan fingerprint density at radius 1 is 1.19 bits per heavy atom. The molecule has 0 bridgehead atoms. The summed E-state index contributed by atoms with van der Waals surface area (Å²) in [5.41, 5.74) is 3.48. The molecule has 0 aliphatic carbocycles. The number of amides is 1. The van der Waals surface area contributed by atoms with Crippen molar-refractivity contribution in [3.63, 3.8) is 0 Å². The average Bonchev–Trinajstić information content (AvgIpc) is 3.10. The summed E-state index contributed by atoms with van der Waals surface area (Å²) in [6, 6.07) is 18.4. The Morgan fingerprint density at radius 3 is 2.77 bits per heavy atom. The summed E-state index contributed by atoms with van der Waals surface area (Å²) in [5.74, 6) is 0.0322. The molecule has 2 aromatic carbocycles. The van der Waals surface area contributed by atoms with Crippen molar-refractivity contribution in [2.75, 3.05) is 6.54 Å². The Bertz CT molecular complexity index is 860. The highest BCUT2D eigenvalue weighted by Crippen LogP contribution is 2.25. The highest BCUT2D eigenvalue weighted by molar-refractivity contribution is 8.00. The second kappa shape index (κ2) is 8.72. The van der Waals surface area contributed by atoms with Crippen molar-refractivity contribution < 1.29 is 4.79 Å². The van der Waals surface area contributed by atoms with E-state index < -0.39 is 0 Å². The van der Waals surface area contributed by atoms with E-state index in [-0.39, 0.29) is 11.2 Å². The maximum atomic E-state index is 12.4. The average molecular weight is 366 g/mol. The predicted molar refractivity (Wildman–Crippen MR) is 107 cm³/mol. The van der Waals surface area contributed by atoms with Crippen LogP contribution in [0.5, 0.6) is 0 Å². The molecule has 1 unspecified atom stereocenters. The van der Waals surface area contributed by atoms with Crippen LogP contribution in [0.15, 0.2) is 72.1 Å². The molecule has 0 saturated carbocycles. The van der Waals surface area contributed by atoms with Crippen molar-refractivity contribution in [1.82, 2.24) is 14.9 Å². The highest BCUT2D eigenvalue weighted by Gasteiger charge is 2.17. The minimum atomic E-state index is -0.211. The summed E-state index contributed by atoms with van der Waals surface area (Å²) in [5, 5.41) is 3.62. The number of hydrogen-bond donors (Lipinski definition) is 1. The molecule has 0 aliphatic heterocycles. The first kappa shape index (κ1) is 18.3. The van der Waals surface area contributed by atoms with Gasteiger partial charge in [0, 0.05) is 24.6 Å². The summed E-state index contributed by atoms with van der Waals surface area (Å²) < 4.78 is 2.02. The van der Waals surface area contributed by atoms with E-state index >= 15 is 0 Å². The largest absolute Gasteiger partial charge is 0.355 e. The van der Waals surface area contributed by atoms with Gasteiger partial charge in [0.2, 0.25) is 5.91 Å².